The fraction of sp³-hybridized carbons (Fsp3) is 0.400. The highest BCUT2D eigenvalue weighted by molar-refractivity contribution is 6.29. The van der Waals surface area contributed by atoms with E-state index in [1.165, 1.54) is 0 Å². The van der Waals surface area contributed by atoms with E-state index in [-0.39, 0.29) is 17.2 Å². The molecule has 4 N–H and O–H groups in total. The highest BCUT2D eigenvalue weighted by Crippen LogP contribution is 2.29. The zero-order valence-electron chi connectivity index (χ0n) is 12.0. The van der Waals surface area contributed by atoms with Crippen molar-refractivity contribution >= 4 is 28.9 Å². The smallest absolute Gasteiger partial charge is 0.259 e. The Morgan fingerprint density at radius 2 is 2.18 bits per heavy atom. The minimum absolute atomic E-state index is 0.152. The van der Waals surface area contributed by atoms with Crippen molar-refractivity contribution in [2.24, 2.45) is 5.73 Å². The number of aliphatic hydroxyl groups excluding tert-OH is 1. The summed E-state index contributed by atoms with van der Waals surface area (Å²) >= 11 is 5.94. The van der Waals surface area contributed by atoms with Gasteiger partial charge in [0.1, 0.15) is 22.6 Å². The van der Waals surface area contributed by atoms with Crippen molar-refractivity contribution in [3.05, 3.63) is 28.4 Å². The molecule has 1 aliphatic rings. The monoisotopic (exact) mass is 320 g/mol. The molecule has 1 saturated carbocycles. The van der Waals surface area contributed by atoms with Gasteiger partial charge in [-0.15, -0.1) is 0 Å². The van der Waals surface area contributed by atoms with E-state index in [0.29, 0.717) is 16.5 Å². The molecule has 0 saturated heterocycles. The maximum Gasteiger partial charge on any atom is 0.259 e. The predicted octanol–water partition coefficient (Wildman–Crippen LogP) is 1.84. The number of carbonyl (C=O) groups is 1. The van der Waals surface area contributed by atoms with Gasteiger partial charge in [-0.05, 0) is 25.0 Å². The fourth-order valence-corrected chi connectivity index (χ4v) is 2.77. The number of primary amides is 1. The van der Waals surface area contributed by atoms with E-state index >= 15 is 0 Å². The van der Waals surface area contributed by atoms with Gasteiger partial charge in [0.05, 0.1) is 6.61 Å². The third-order valence-corrected chi connectivity index (χ3v) is 3.91. The molecule has 0 aromatic carbocycles. The second kappa shape index (κ2) is 7.25. The largest absolute Gasteiger partial charge is 0.392 e. The maximum absolute atomic E-state index is 11.4. The second-order valence-corrected chi connectivity index (χ2v) is 5.53. The number of anilines is 1. The van der Waals surface area contributed by atoms with Crippen LogP contribution in [-0.4, -0.2) is 28.6 Å². The van der Waals surface area contributed by atoms with Crippen molar-refractivity contribution in [2.45, 2.75) is 31.7 Å². The number of nitrogens with two attached hydrogens (primary N) is 1. The number of nitrogens with one attached hydrogen (secondary N) is 1. The van der Waals surface area contributed by atoms with Crippen LogP contribution < -0.4 is 11.1 Å². The normalized spacial score (nSPS) is 16.0. The Balaban J connectivity index is 2.48. The molecule has 1 amide bonds. The van der Waals surface area contributed by atoms with Crippen LogP contribution >= 0.6 is 11.6 Å². The minimum atomic E-state index is -0.881. The van der Waals surface area contributed by atoms with Gasteiger partial charge in [0, 0.05) is 17.2 Å². The molecule has 2 rings (SSSR count). The lowest BCUT2D eigenvalue weighted by molar-refractivity contribution is -0.114. The lowest BCUT2D eigenvalue weighted by Gasteiger charge is -2.17. The second-order valence-electron chi connectivity index (χ2n) is 5.14. The molecule has 0 bridgehead atoms. The standard InChI is InChI=1S/C15H17ClN4O2/c16-13-6-5-10(12(8-21)11(7-17)14(18)22)15(20-13)19-9-3-1-2-4-9/h5-6,9,21H,1-4,8H2,(H2,18,22)(H,19,20). The zero-order valence-corrected chi connectivity index (χ0v) is 12.7. The van der Waals surface area contributed by atoms with Crippen LogP contribution in [0.5, 0.6) is 0 Å². The molecule has 0 aliphatic heterocycles. The van der Waals surface area contributed by atoms with Crippen molar-refractivity contribution < 1.29 is 9.90 Å². The average molecular weight is 321 g/mol. The predicted molar refractivity (Wildman–Crippen MR) is 83.9 cm³/mol. The minimum Gasteiger partial charge on any atom is -0.392 e. The van der Waals surface area contributed by atoms with Crippen molar-refractivity contribution in [2.75, 3.05) is 11.9 Å². The summed E-state index contributed by atoms with van der Waals surface area (Å²) in [5, 5.41) is 22.3. The van der Waals surface area contributed by atoms with Gasteiger partial charge in [-0.25, -0.2) is 4.98 Å². The first-order chi connectivity index (χ1) is 10.6. The molecule has 0 spiro atoms. The van der Waals surface area contributed by atoms with E-state index in [1.807, 2.05) is 0 Å². The van der Waals surface area contributed by atoms with Crippen LogP contribution in [0.4, 0.5) is 5.82 Å². The fourth-order valence-electron chi connectivity index (χ4n) is 2.62. The van der Waals surface area contributed by atoms with E-state index in [2.05, 4.69) is 10.3 Å². The average Bonchev–Trinajstić information content (AvgIpc) is 2.98. The topological polar surface area (TPSA) is 112 Å². The Bertz CT molecular complexity index is 645. The first kappa shape index (κ1) is 16.3. The number of pyridine rings is 1. The Hall–Kier alpha value is -2.10. The van der Waals surface area contributed by atoms with Crippen LogP contribution in [-0.2, 0) is 4.79 Å². The summed E-state index contributed by atoms with van der Waals surface area (Å²) in [6, 6.07) is 5.18. The molecule has 1 aliphatic carbocycles. The van der Waals surface area contributed by atoms with E-state index in [1.54, 1.807) is 18.2 Å². The summed E-state index contributed by atoms with van der Waals surface area (Å²) in [4.78, 5) is 15.6. The first-order valence-electron chi connectivity index (χ1n) is 7.04. The number of amides is 1. The molecular formula is C15H17ClN4O2. The number of nitrogens with zero attached hydrogens (tertiary/aromatic N) is 2. The molecule has 116 valence electrons. The lowest BCUT2D eigenvalue weighted by atomic mass is 10.0. The van der Waals surface area contributed by atoms with Crippen LogP contribution in [0, 0.1) is 11.3 Å². The molecule has 1 heterocycles. The molecule has 22 heavy (non-hydrogen) atoms. The summed E-state index contributed by atoms with van der Waals surface area (Å²) in [5.74, 6) is -0.425. The first-order valence-corrected chi connectivity index (χ1v) is 7.42. The zero-order chi connectivity index (χ0) is 16.1. The number of hydrogen-bond donors (Lipinski definition) is 3. The number of aromatic nitrogens is 1. The summed E-state index contributed by atoms with van der Waals surface area (Å²) in [6.45, 7) is -0.492. The van der Waals surface area contributed by atoms with E-state index in [9.17, 15) is 9.90 Å². The third kappa shape index (κ3) is 3.56. The molecule has 0 radical (unpaired) electrons. The maximum atomic E-state index is 11.4. The Morgan fingerprint density at radius 1 is 1.50 bits per heavy atom. The van der Waals surface area contributed by atoms with E-state index in [0.717, 1.165) is 25.7 Å². The molecular weight excluding hydrogens is 304 g/mol. The molecule has 1 aromatic heterocycles. The Morgan fingerprint density at radius 3 is 2.73 bits per heavy atom. The summed E-state index contributed by atoms with van der Waals surface area (Å²) in [7, 11) is 0. The van der Waals surface area contributed by atoms with Crippen LogP contribution in [0.3, 0.4) is 0 Å². The Kier molecular flexibility index (Phi) is 5.36. The van der Waals surface area contributed by atoms with Crippen LogP contribution in [0.15, 0.2) is 17.7 Å². The molecule has 6 nitrogen and oxygen atoms in total. The summed E-state index contributed by atoms with van der Waals surface area (Å²) < 4.78 is 0. The molecule has 1 aromatic rings. The number of halogens is 1. The van der Waals surface area contributed by atoms with Gasteiger partial charge < -0.3 is 16.2 Å². The van der Waals surface area contributed by atoms with Gasteiger partial charge in [-0.2, -0.15) is 5.26 Å². The molecule has 0 atom stereocenters. The highest BCUT2D eigenvalue weighted by Gasteiger charge is 2.21. The third-order valence-electron chi connectivity index (χ3n) is 3.70. The SMILES string of the molecule is N#CC(C(N)=O)=C(CO)c1ccc(Cl)nc1NC1CCCC1. The Labute approximate surface area is 133 Å². The lowest BCUT2D eigenvalue weighted by Crippen LogP contribution is -2.19. The van der Waals surface area contributed by atoms with Crippen molar-refractivity contribution in [3.63, 3.8) is 0 Å². The van der Waals surface area contributed by atoms with E-state index < -0.39 is 12.5 Å². The highest BCUT2D eigenvalue weighted by atomic mass is 35.5. The number of nitriles is 1. The van der Waals surface area contributed by atoms with Gasteiger partial charge >= 0.3 is 0 Å². The molecule has 0 unspecified atom stereocenters. The van der Waals surface area contributed by atoms with Gasteiger partial charge in [0.2, 0.25) is 0 Å². The quantitative estimate of drug-likeness (QED) is 0.435. The van der Waals surface area contributed by atoms with Crippen LogP contribution in [0.2, 0.25) is 5.15 Å². The number of rotatable bonds is 5. The summed E-state index contributed by atoms with van der Waals surface area (Å²) in [6.07, 6.45) is 4.32. The van der Waals surface area contributed by atoms with Crippen molar-refractivity contribution in [1.82, 2.24) is 4.98 Å². The van der Waals surface area contributed by atoms with E-state index in [4.69, 9.17) is 22.6 Å². The van der Waals surface area contributed by atoms with Gasteiger partial charge in [-0.3, -0.25) is 4.79 Å². The number of aliphatic hydroxyl groups is 1. The summed E-state index contributed by atoms with van der Waals surface area (Å²) in [5.41, 5.74) is 5.55. The van der Waals surface area contributed by atoms with Gasteiger partial charge in [0.15, 0.2) is 0 Å². The molecule has 1 fully saturated rings. The van der Waals surface area contributed by atoms with Crippen LogP contribution in [0.1, 0.15) is 31.2 Å². The molecule has 7 heteroatoms. The van der Waals surface area contributed by atoms with Gasteiger partial charge in [-0.1, -0.05) is 24.4 Å². The van der Waals surface area contributed by atoms with Crippen molar-refractivity contribution in [3.8, 4) is 6.07 Å². The number of hydrogen-bond acceptors (Lipinski definition) is 5. The number of carbonyl (C=O) groups excluding carboxylic acids is 1. The van der Waals surface area contributed by atoms with Crippen LogP contribution in [0.25, 0.3) is 5.57 Å². The van der Waals surface area contributed by atoms with Gasteiger partial charge in [0.25, 0.3) is 5.91 Å². The van der Waals surface area contributed by atoms with Crippen molar-refractivity contribution in [1.29, 1.82) is 5.26 Å².